The second-order valence-electron chi connectivity index (χ2n) is 8.33. The first-order valence-corrected chi connectivity index (χ1v) is 10.7. The van der Waals surface area contributed by atoms with Gasteiger partial charge in [-0.25, -0.2) is 14.6 Å². The van der Waals surface area contributed by atoms with Gasteiger partial charge in [0.15, 0.2) is 5.65 Å². The van der Waals surface area contributed by atoms with Crippen molar-refractivity contribution in [3.05, 3.63) is 60.9 Å². The standard InChI is InChI=1S/C24H25N7O2/c1-29(2)20(32)14-30-12-17(13-30)31-24-21(23(25)26-15-27-24)22(28-31)16-8-10-19(11-9-16)33-18-6-4-3-5-7-18/h3-11,15,17H,12-14H2,1-2H3,(H2,25,26,27). The fraction of sp³-hybridized carbons (Fsp3) is 0.250. The summed E-state index contributed by atoms with van der Waals surface area (Å²) < 4.78 is 7.81. The van der Waals surface area contributed by atoms with Crippen LogP contribution in [0.2, 0.25) is 0 Å². The van der Waals surface area contributed by atoms with Crippen molar-refractivity contribution < 1.29 is 9.53 Å². The zero-order valence-corrected chi connectivity index (χ0v) is 18.5. The Hall–Kier alpha value is -3.98. The lowest BCUT2D eigenvalue weighted by molar-refractivity contribution is -0.131. The van der Waals surface area contributed by atoms with Gasteiger partial charge >= 0.3 is 0 Å². The maximum Gasteiger partial charge on any atom is 0.236 e. The molecular weight excluding hydrogens is 418 g/mol. The fourth-order valence-electron chi connectivity index (χ4n) is 3.92. The van der Waals surface area contributed by atoms with E-state index >= 15 is 0 Å². The fourth-order valence-corrected chi connectivity index (χ4v) is 3.92. The van der Waals surface area contributed by atoms with Gasteiger partial charge in [0.25, 0.3) is 0 Å². The number of carbonyl (C=O) groups excluding carboxylic acids is 1. The van der Waals surface area contributed by atoms with Crippen LogP contribution >= 0.6 is 0 Å². The van der Waals surface area contributed by atoms with Crippen molar-refractivity contribution in [2.75, 3.05) is 39.5 Å². The Balaban J connectivity index is 1.41. The van der Waals surface area contributed by atoms with E-state index in [4.69, 9.17) is 15.6 Å². The van der Waals surface area contributed by atoms with Gasteiger partial charge in [-0.1, -0.05) is 18.2 Å². The molecule has 4 aromatic rings. The number of hydrogen-bond acceptors (Lipinski definition) is 7. The smallest absolute Gasteiger partial charge is 0.236 e. The van der Waals surface area contributed by atoms with Crippen LogP contribution in [-0.2, 0) is 4.79 Å². The number of anilines is 1. The quantitative estimate of drug-likeness (QED) is 0.489. The Labute approximate surface area is 191 Å². The van der Waals surface area contributed by atoms with Crippen molar-refractivity contribution in [1.82, 2.24) is 29.5 Å². The molecule has 1 aliphatic rings. The van der Waals surface area contributed by atoms with E-state index in [0.717, 1.165) is 41.2 Å². The van der Waals surface area contributed by atoms with Gasteiger partial charge < -0.3 is 15.4 Å². The summed E-state index contributed by atoms with van der Waals surface area (Å²) in [5.74, 6) is 1.99. The third kappa shape index (κ3) is 4.10. The highest BCUT2D eigenvalue weighted by atomic mass is 16.5. The molecule has 0 bridgehead atoms. The second-order valence-corrected chi connectivity index (χ2v) is 8.33. The van der Waals surface area contributed by atoms with Crippen molar-refractivity contribution in [2.45, 2.75) is 6.04 Å². The highest BCUT2D eigenvalue weighted by Crippen LogP contribution is 2.34. The maximum absolute atomic E-state index is 12.0. The van der Waals surface area contributed by atoms with Gasteiger partial charge in [-0.05, 0) is 36.4 Å². The summed E-state index contributed by atoms with van der Waals surface area (Å²) in [7, 11) is 3.53. The molecule has 1 aliphatic heterocycles. The van der Waals surface area contributed by atoms with Crippen molar-refractivity contribution in [2.24, 2.45) is 0 Å². The lowest BCUT2D eigenvalue weighted by atomic mass is 10.1. The van der Waals surface area contributed by atoms with Crippen molar-refractivity contribution in [3.8, 4) is 22.8 Å². The number of rotatable bonds is 6. The van der Waals surface area contributed by atoms with Gasteiger partial charge in [-0.3, -0.25) is 9.69 Å². The number of para-hydroxylation sites is 1. The number of fused-ring (bicyclic) bond motifs is 1. The van der Waals surface area contributed by atoms with E-state index in [1.54, 1.807) is 19.0 Å². The van der Waals surface area contributed by atoms with E-state index in [9.17, 15) is 4.79 Å². The molecule has 0 unspecified atom stereocenters. The van der Waals surface area contributed by atoms with E-state index in [1.807, 2.05) is 59.3 Å². The monoisotopic (exact) mass is 443 g/mol. The Bertz CT molecular complexity index is 1280. The third-order valence-corrected chi connectivity index (χ3v) is 5.77. The molecular formula is C24H25N7O2. The highest BCUT2D eigenvalue weighted by Gasteiger charge is 2.33. The third-order valence-electron chi connectivity index (χ3n) is 5.77. The van der Waals surface area contributed by atoms with Crippen LogP contribution in [0, 0.1) is 0 Å². The number of nitrogens with two attached hydrogens (primary N) is 1. The van der Waals surface area contributed by atoms with E-state index in [0.29, 0.717) is 18.0 Å². The molecule has 1 saturated heterocycles. The number of hydrogen-bond donors (Lipinski definition) is 1. The van der Waals surface area contributed by atoms with Gasteiger partial charge in [0.1, 0.15) is 29.3 Å². The van der Waals surface area contributed by atoms with Gasteiger partial charge in [-0.2, -0.15) is 5.10 Å². The van der Waals surface area contributed by atoms with Crippen LogP contribution in [-0.4, -0.2) is 69.2 Å². The predicted molar refractivity (Wildman–Crippen MR) is 126 cm³/mol. The first-order valence-electron chi connectivity index (χ1n) is 10.7. The number of carbonyl (C=O) groups is 1. The van der Waals surface area contributed by atoms with Crippen LogP contribution in [0.1, 0.15) is 6.04 Å². The average molecular weight is 444 g/mol. The minimum Gasteiger partial charge on any atom is -0.457 e. The molecule has 0 saturated carbocycles. The molecule has 0 radical (unpaired) electrons. The number of aromatic nitrogens is 4. The van der Waals surface area contributed by atoms with Crippen LogP contribution in [0.4, 0.5) is 5.82 Å². The molecule has 0 atom stereocenters. The number of nitrogen functional groups attached to an aromatic ring is 1. The van der Waals surface area contributed by atoms with Crippen molar-refractivity contribution in [1.29, 1.82) is 0 Å². The normalized spacial score (nSPS) is 14.2. The number of nitrogens with zero attached hydrogens (tertiary/aromatic N) is 6. The van der Waals surface area contributed by atoms with Crippen LogP contribution in [0.15, 0.2) is 60.9 Å². The Morgan fingerprint density at radius 3 is 2.45 bits per heavy atom. The Morgan fingerprint density at radius 1 is 1.06 bits per heavy atom. The van der Waals surface area contributed by atoms with E-state index in [1.165, 1.54) is 6.33 Å². The van der Waals surface area contributed by atoms with E-state index in [2.05, 4.69) is 14.9 Å². The average Bonchev–Trinajstić information content (AvgIpc) is 3.17. The molecule has 2 N–H and O–H groups in total. The highest BCUT2D eigenvalue weighted by molar-refractivity contribution is 5.98. The zero-order valence-electron chi connectivity index (χ0n) is 18.5. The number of likely N-dealkylation sites (N-methyl/N-ethyl adjacent to an activating group) is 1. The molecule has 0 spiro atoms. The first-order chi connectivity index (χ1) is 16.0. The van der Waals surface area contributed by atoms with E-state index < -0.39 is 0 Å². The molecule has 9 heteroatoms. The molecule has 1 fully saturated rings. The van der Waals surface area contributed by atoms with Gasteiger partial charge in [0.05, 0.1) is 18.0 Å². The second kappa shape index (κ2) is 8.51. The molecule has 5 rings (SSSR count). The molecule has 0 aliphatic carbocycles. The summed E-state index contributed by atoms with van der Waals surface area (Å²) >= 11 is 0. The lowest BCUT2D eigenvalue weighted by Gasteiger charge is -2.39. The maximum atomic E-state index is 12.0. The molecule has 9 nitrogen and oxygen atoms in total. The summed E-state index contributed by atoms with van der Waals surface area (Å²) in [6, 6.07) is 17.5. The topological polar surface area (TPSA) is 102 Å². The molecule has 1 amide bonds. The SMILES string of the molecule is CN(C)C(=O)CN1CC(n2nc(-c3ccc(Oc4ccccc4)cc3)c3c(N)ncnc32)C1. The van der Waals surface area contributed by atoms with Gasteiger partial charge in [-0.15, -0.1) is 0 Å². The summed E-state index contributed by atoms with van der Waals surface area (Å²) in [6.45, 7) is 1.85. The number of likely N-dealkylation sites (tertiary alicyclic amines) is 1. The van der Waals surface area contributed by atoms with Crippen LogP contribution in [0.5, 0.6) is 11.5 Å². The van der Waals surface area contributed by atoms with Crippen LogP contribution < -0.4 is 10.5 Å². The minimum absolute atomic E-state index is 0.0869. The van der Waals surface area contributed by atoms with Gasteiger partial charge in [0, 0.05) is 32.7 Å². The molecule has 168 valence electrons. The van der Waals surface area contributed by atoms with E-state index in [-0.39, 0.29) is 11.9 Å². The summed E-state index contributed by atoms with van der Waals surface area (Å²) in [6.07, 6.45) is 1.46. The Kier molecular flexibility index (Phi) is 5.39. The molecule has 2 aromatic heterocycles. The van der Waals surface area contributed by atoms with Crippen molar-refractivity contribution >= 4 is 22.8 Å². The largest absolute Gasteiger partial charge is 0.457 e. The summed E-state index contributed by atoms with van der Waals surface area (Å²) in [5.41, 5.74) is 8.57. The minimum atomic E-state index is 0.0869. The number of amides is 1. The zero-order chi connectivity index (χ0) is 22.9. The van der Waals surface area contributed by atoms with Crippen LogP contribution in [0.25, 0.3) is 22.3 Å². The first kappa shape index (κ1) is 20.9. The summed E-state index contributed by atoms with van der Waals surface area (Å²) in [5, 5.41) is 5.61. The molecule has 3 heterocycles. The number of benzene rings is 2. The molecule has 33 heavy (non-hydrogen) atoms. The number of ether oxygens (including phenoxy) is 1. The Morgan fingerprint density at radius 2 is 1.76 bits per heavy atom. The predicted octanol–water partition coefficient (Wildman–Crippen LogP) is 2.81. The van der Waals surface area contributed by atoms with Crippen molar-refractivity contribution in [3.63, 3.8) is 0 Å². The lowest BCUT2D eigenvalue weighted by Crippen LogP contribution is -2.51. The molecule has 2 aromatic carbocycles. The van der Waals surface area contributed by atoms with Gasteiger partial charge in [0.2, 0.25) is 5.91 Å². The van der Waals surface area contributed by atoms with Crippen LogP contribution in [0.3, 0.4) is 0 Å². The summed E-state index contributed by atoms with van der Waals surface area (Å²) in [4.78, 5) is 24.4.